The van der Waals surface area contributed by atoms with Crippen molar-refractivity contribution in [2.75, 3.05) is 17.3 Å². The minimum absolute atomic E-state index is 0.539. The molecular formula is C16H21N3S. The average molecular weight is 287 g/mol. The van der Waals surface area contributed by atoms with Crippen molar-refractivity contribution in [3.63, 3.8) is 0 Å². The average Bonchev–Trinajstić information content (AvgIpc) is 2.50. The minimum atomic E-state index is 0.539. The first-order chi connectivity index (χ1) is 9.78. The van der Waals surface area contributed by atoms with Crippen molar-refractivity contribution in [1.82, 2.24) is 4.98 Å². The smallest absolute Gasteiger partial charge is 0.0724 e. The lowest BCUT2D eigenvalue weighted by Gasteiger charge is -2.30. The zero-order chi connectivity index (χ0) is 13.9. The van der Waals surface area contributed by atoms with Gasteiger partial charge in [-0.3, -0.25) is 4.98 Å². The summed E-state index contributed by atoms with van der Waals surface area (Å²) in [4.78, 5) is 4.34. The minimum Gasteiger partial charge on any atom is -0.397 e. The summed E-state index contributed by atoms with van der Waals surface area (Å²) in [5.41, 5.74) is 9.13. The fourth-order valence-electron chi connectivity index (χ4n) is 3.01. The van der Waals surface area contributed by atoms with Gasteiger partial charge in [0.2, 0.25) is 0 Å². The normalized spacial score (nSPS) is 22.9. The highest BCUT2D eigenvalue weighted by molar-refractivity contribution is 7.99. The third kappa shape index (κ3) is 2.70. The molecule has 3 nitrogen and oxygen atoms in total. The maximum Gasteiger partial charge on any atom is 0.0724 e. The summed E-state index contributed by atoms with van der Waals surface area (Å²) in [6.07, 6.45) is 9.13. The quantitative estimate of drug-likeness (QED) is 0.841. The van der Waals surface area contributed by atoms with Gasteiger partial charge in [0.25, 0.3) is 0 Å². The number of aromatic nitrogens is 1. The SMILES string of the molecule is CSC1CCCC(Nc2ccc3ncccc3c2N)C1. The van der Waals surface area contributed by atoms with Crippen LogP contribution in [0.15, 0.2) is 30.5 Å². The van der Waals surface area contributed by atoms with E-state index < -0.39 is 0 Å². The van der Waals surface area contributed by atoms with Crippen molar-refractivity contribution in [2.45, 2.75) is 37.0 Å². The van der Waals surface area contributed by atoms with Crippen molar-refractivity contribution in [1.29, 1.82) is 0 Å². The maximum absolute atomic E-state index is 6.30. The number of rotatable bonds is 3. The molecule has 1 aromatic heterocycles. The summed E-state index contributed by atoms with van der Waals surface area (Å²) in [7, 11) is 0. The van der Waals surface area contributed by atoms with Gasteiger partial charge < -0.3 is 11.1 Å². The summed E-state index contributed by atoms with van der Waals surface area (Å²) in [5.74, 6) is 0. The summed E-state index contributed by atoms with van der Waals surface area (Å²) in [5, 5.41) is 5.46. The predicted octanol–water partition coefficient (Wildman–Crippen LogP) is 3.90. The molecule has 3 N–H and O–H groups in total. The van der Waals surface area contributed by atoms with E-state index in [9.17, 15) is 0 Å². The van der Waals surface area contributed by atoms with Crippen LogP contribution >= 0.6 is 11.8 Å². The molecule has 0 aliphatic heterocycles. The molecule has 106 valence electrons. The van der Waals surface area contributed by atoms with E-state index in [1.54, 1.807) is 6.20 Å². The van der Waals surface area contributed by atoms with E-state index in [2.05, 4.69) is 22.6 Å². The molecule has 1 aromatic carbocycles. The molecule has 1 aliphatic rings. The van der Waals surface area contributed by atoms with Crippen molar-refractivity contribution in [3.8, 4) is 0 Å². The number of pyridine rings is 1. The van der Waals surface area contributed by atoms with Crippen molar-refractivity contribution in [3.05, 3.63) is 30.5 Å². The molecule has 2 aromatic rings. The monoisotopic (exact) mass is 287 g/mol. The second-order valence-corrected chi connectivity index (χ2v) is 6.60. The number of thioether (sulfide) groups is 1. The fourth-order valence-corrected chi connectivity index (χ4v) is 3.84. The molecule has 0 bridgehead atoms. The number of hydrogen-bond acceptors (Lipinski definition) is 4. The van der Waals surface area contributed by atoms with Gasteiger partial charge in [0, 0.05) is 22.9 Å². The van der Waals surface area contributed by atoms with Crippen LogP contribution in [0.1, 0.15) is 25.7 Å². The maximum atomic E-state index is 6.30. The second kappa shape index (κ2) is 5.92. The highest BCUT2D eigenvalue weighted by atomic mass is 32.2. The summed E-state index contributed by atoms with van der Waals surface area (Å²) >= 11 is 1.99. The number of anilines is 2. The highest BCUT2D eigenvalue weighted by Crippen LogP contribution is 2.32. The molecule has 0 saturated heterocycles. The van der Waals surface area contributed by atoms with Crippen molar-refractivity contribution in [2.24, 2.45) is 0 Å². The Morgan fingerprint density at radius 3 is 3.05 bits per heavy atom. The van der Waals surface area contributed by atoms with Gasteiger partial charge in [0.1, 0.15) is 0 Å². The number of hydrogen-bond donors (Lipinski definition) is 2. The lowest BCUT2D eigenvalue weighted by molar-refractivity contribution is 0.474. The molecule has 20 heavy (non-hydrogen) atoms. The Morgan fingerprint density at radius 2 is 2.20 bits per heavy atom. The third-order valence-corrected chi connectivity index (χ3v) is 5.24. The highest BCUT2D eigenvalue weighted by Gasteiger charge is 2.21. The van der Waals surface area contributed by atoms with E-state index in [0.717, 1.165) is 27.5 Å². The number of nitrogens with two attached hydrogens (primary N) is 1. The van der Waals surface area contributed by atoms with Crippen LogP contribution in [0.2, 0.25) is 0 Å². The Morgan fingerprint density at radius 1 is 1.30 bits per heavy atom. The molecule has 1 fully saturated rings. The van der Waals surface area contributed by atoms with Crippen LogP contribution in [0.25, 0.3) is 10.9 Å². The van der Waals surface area contributed by atoms with Crippen molar-refractivity contribution >= 4 is 34.0 Å². The lowest BCUT2D eigenvalue weighted by Crippen LogP contribution is -2.28. The van der Waals surface area contributed by atoms with Crippen LogP contribution < -0.4 is 11.1 Å². The summed E-state index contributed by atoms with van der Waals surface area (Å²) < 4.78 is 0. The van der Waals surface area contributed by atoms with Crippen LogP contribution in [0.3, 0.4) is 0 Å². The van der Waals surface area contributed by atoms with Gasteiger partial charge in [0.15, 0.2) is 0 Å². The molecular weight excluding hydrogens is 266 g/mol. The van der Waals surface area contributed by atoms with Crippen LogP contribution in [-0.2, 0) is 0 Å². The van der Waals surface area contributed by atoms with Gasteiger partial charge in [-0.05, 0) is 49.8 Å². The number of fused-ring (bicyclic) bond motifs is 1. The Labute approximate surface area is 124 Å². The molecule has 0 amide bonds. The first kappa shape index (κ1) is 13.6. The molecule has 2 unspecified atom stereocenters. The third-order valence-electron chi connectivity index (χ3n) is 4.15. The summed E-state index contributed by atoms with van der Waals surface area (Å²) in [6, 6.07) is 8.62. The number of nitrogen functional groups attached to an aromatic ring is 1. The fraction of sp³-hybridized carbons (Fsp3) is 0.438. The van der Waals surface area contributed by atoms with Gasteiger partial charge in [0.05, 0.1) is 16.9 Å². The molecule has 1 heterocycles. The second-order valence-electron chi connectivity index (χ2n) is 5.46. The van der Waals surface area contributed by atoms with E-state index >= 15 is 0 Å². The Kier molecular flexibility index (Phi) is 4.01. The Bertz CT molecular complexity index is 599. The number of nitrogens with one attached hydrogen (secondary N) is 1. The van der Waals surface area contributed by atoms with E-state index in [-0.39, 0.29) is 0 Å². The van der Waals surface area contributed by atoms with E-state index in [1.165, 1.54) is 25.7 Å². The molecule has 3 rings (SSSR count). The zero-order valence-corrected chi connectivity index (χ0v) is 12.6. The van der Waals surface area contributed by atoms with Gasteiger partial charge in [-0.25, -0.2) is 0 Å². The predicted molar refractivity (Wildman–Crippen MR) is 89.3 cm³/mol. The van der Waals surface area contributed by atoms with Crippen molar-refractivity contribution < 1.29 is 0 Å². The summed E-state index contributed by atoms with van der Waals surface area (Å²) in [6.45, 7) is 0. The molecule has 1 aliphatic carbocycles. The molecule has 1 saturated carbocycles. The van der Waals surface area contributed by atoms with Crippen LogP contribution in [0, 0.1) is 0 Å². The largest absolute Gasteiger partial charge is 0.397 e. The van der Waals surface area contributed by atoms with Gasteiger partial charge in [-0.1, -0.05) is 6.42 Å². The topological polar surface area (TPSA) is 50.9 Å². The molecule has 4 heteroatoms. The van der Waals surface area contributed by atoms with Gasteiger partial charge >= 0.3 is 0 Å². The Hall–Kier alpha value is -1.42. The molecule has 0 spiro atoms. The Balaban J connectivity index is 1.82. The van der Waals surface area contributed by atoms with E-state index in [1.807, 2.05) is 30.0 Å². The first-order valence-corrected chi connectivity index (χ1v) is 8.49. The number of benzene rings is 1. The molecule has 2 atom stereocenters. The number of nitrogens with zero attached hydrogens (tertiary/aromatic N) is 1. The van der Waals surface area contributed by atoms with E-state index in [0.29, 0.717) is 6.04 Å². The standard InChI is InChI=1S/C16H21N3S/c1-20-12-5-2-4-11(10-12)19-15-8-7-14-13(16(15)17)6-3-9-18-14/h3,6-9,11-12,19H,2,4-5,10,17H2,1H3. The van der Waals surface area contributed by atoms with E-state index in [4.69, 9.17) is 5.73 Å². The zero-order valence-electron chi connectivity index (χ0n) is 11.8. The van der Waals surface area contributed by atoms with Gasteiger partial charge in [-0.2, -0.15) is 11.8 Å². The van der Waals surface area contributed by atoms with Crippen LogP contribution in [0.5, 0.6) is 0 Å². The van der Waals surface area contributed by atoms with Crippen LogP contribution in [-0.4, -0.2) is 22.5 Å². The first-order valence-electron chi connectivity index (χ1n) is 7.20. The lowest BCUT2D eigenvalue weighted by atomic mass is 9.94. The van der Waals surface area contributed by atoms with Gasteiger partial charge in [-0.15, -0.1) is 0 Å². The molecule has 0 radical (unpaired) electrons. The van der Waals surface area contributed by atoms with Crippen LogP contribution in [0.4, 0.5) is 11.4 Å².